The fourth-order valence-corrected chi connectivity index (χ4v) is 2.25. The smallest absolute Gasteiger partial charge is 0.410 e. The molecule has 0 bridgehead atoms. The third-order valence-electron chi connectivity index (χ3n) is 3.19. The summed E-state index contributed by atoms with van der Waals surface area (Å²) in [5, 5.41) is 8.74. The number of carboxylic acid groups (broad SMARTS) is 1. The standard InChI is InChI=1S/C14H23NO5/c1-9-5-6-15(13(19)20-14(2,3)4)10(7-9)11(16)8-12(17)18/h9-10H,5-8H2,1-4H3,(H,17,18)/t9-,10-/m1/s1. The predicted octanol–water partition coefficient (Wildman–Crippen LogP) is 2.07. The second kappa shape index (κ2) is 6.24. The van der Waals surface area contributed by atoms with Gasteiger partial charge in [0.25, 0.3) is 0 Å². The van der Waals surface area contributed by atoms with Crippen LogP contribution in [0.1, 0.15) is 47.0 Å². The highest BCUT2D eigenvalue weighted by Gasteiger charge is 2.37. The van der Waals surface area contributed by atoms with Crippen LogP contribution in [0.5, 0.6) is 0 Å². The van der Waals surface area contributed by atoms with E-state index in [1.54, 1.807) is 20.8 Å². The van der Waals surface area contributed by atoms with Crippen LogP contribution in [0.3, 0.4) is 0 Å². The molecule has 0 radical (unpaired) electrons. The number of carbonyl (C=O) groups excluding carboxylic acids is 2. The minimum atomic E-state index is -1.17. The second-order valence-electron chi connectivity index (χ2n) is 6.36. The van der Waals surface area contributed by atoms with Crippen LogP contribution < -0.4 is 0 Å². The van der Waals surface area contributed by atoms with Gasteiger partial charge in [-0.15, -0.1) is 0 Å². The molecule has 6 heteroatoms. The molecule has 1 rings (SSSR count). The molecular formula is C14H23NO5. The summed E-state index contributed by atoms with van der Waals surface area (Å²) < 4.78 is 5.29. The number of carbonyl (C=O) groups is 3. The Labute approximate surface area is 119 Å². The molecule has 6 nitrogen and oxygen atoms in total. The molecule has 1 aliphatic heterocycles. The van der Waals surface area contributed by atoms with E-state index in [1.165, 1.54) is 4.90 Å². The van der Waals surface area contributed by atoms with E-state index in [-0.39, 0.29) is 5.92 Å². The molecule has 1 amide bonds. The highest BCUT2D eigenvalue weighted by Crippen LogP contribution is 2.25. The number of piperidine rings is 1. The number of amides is 1. The molecule has 1 fully saturated rings. The van der Waals surface area contributed by atoms with Crippen molar-refractivity contribution >= 4 is 17.8 Å². The Balaban J connectivity index is 2.82. The van der Waals surface area contributed by atoms with E-state index in [0.29, 0.717) is 13.0 Å². The summed E-state index contributed by atoms with van der Waals surface area (Å²) in [5.41, 5.74) is -0.638. The van der Waals surface area contributed by atoms with E-state index in [4.69, 9.17) is 9.84 Å². The predicted molar refractivity (Wildman–Crippen MR) is 72.4 cm³/mol. The number of rotatable bonds is 3. The first-order valence-electron chi connectivity index (χ1n) is 6.84. The van der Waals surface area contributed by atoms with Crippen LogP contribution >= 0.6 is 0 Å². The van der Waals surface area contributed by atoms with Crippen LogP contribution in [0.2, 0.25) is 0 Å². The third-order valence-corrected chi connectivity index (χ3v) is 3.19. The van der Waals surface area contributed by atoms with E-state index in [9.17, 15) is 14.4 Å². The van der Waals surface area contributed by atoms with Crippen LogP contribution in [0, 0.1) is 5.92 Å². The summed E-state index contributed by atoms with van der Waals surface area (Å²) in [7, 11) is 0. The minimum absolute atomic E-state index is 0.288. The Kier molecular flexibility index (Phi) is 5.14. The molecule has 1 N–H and O–H groups in total. The Morgan fingerprint density at radius 1 is 1.30 bits per heavy atom. The average molecular weight is 285 g/mol. The molecule has 1 saturated heterocycles. The number of carboxylic acids is 1. The molecule has 0 aliphatic carbocycles. The summed E-state index contributed by atoms with van der Waals surface area (Å²) in [6.45, 7) is 7.68. The normalized spacial score (nSPS) is 23.3. The quantitative estimate of drug-likeness (QED) is 0.802. The first kappa shape index (κ1) is 16.5. The summed E-state index contributed by atoms with van der Waals surface area (Å²) in [6.07, 6.45) is 0.172. The lowest BCUT2D eigenvalue weighted by Gasteiger charge is -2.38. The summed E-state index contributed by atoms with van der Waals surface area (Å²) in [4.78, 5) is 36.2. The van der Waals surface area contributed by atoms with Crippen molar-refractivity contribution in [1.82, 2.24) is 4.90 Å². The maximum Gasteiger partial charge on any atom is 0.410 e. The number of likely N-dealkylation sites (tertiary alicyclic amines) is 1. The summed E-state index contributed by atoms with van der Waals surface area (Å²) in [6, 6.07) is -0.690. The lowest BCUT2D eigenvalue weighted by atomic mass is 9.89. The average Bonchev–Trinajstić information content (AvgIpc) is 2.25. The Bertz CT molecular complexity index is 399. The molecule has 1 aliphatic rings. The van der Waals surface area contributed by atoms with Crippen molar-refractivity contribution in [2.24, 2.45) is 5.92 Å². The van der Waals surface area contributed by atoms with Gasteiger partial charge < -0.3 is 9.84 Å². The van der Waals surface area contributed by atoms with E-state index in [0.717, 1.165) is 6.42 Å². The molecule has 20 heavy (non-hydrogen) atoms. The fourth-order valence-electron chi connectivity index (χ4n) is 2.25. The SMILES string of the molecule is C[C@@H]1CCN(C(=O)OC(C)(C)C)[C@@H](C(=O)CC(=O)O)C1. The zero-order valence-electron chi connectivity index (χ0n) is 12.5. The van der Waals surface area contributed by atoms with Gasteiger partial charge in [-0.05, 0) is 39.5 Å². The first-order valence-corrected chi connectivity index (χ1v) is 6.84. The topological polar surface area (TPSA) is 83.9 Å². The van der Waals surface area contributed by atoms with E-state index < -0.39 is 35.9 Å². The molecule has 0 aromatic carbocycles. The van der Waals surface area contributed by atoms with E-state index in [2.05, 4.69) is 0 Å². The van der Waals surface area contributed by atoms with Crippen molar-refractivity contribution < 1.29 is 24.2 Å². The lowest BCUT2D eigenvalue weighted by molar-refractivity contribution is -0.142. The van der Waals surface area contributed by atoms with Gasteiger partial charge in [-0.2, -0.15) is 0 Å². The molecule has 0 aromatic rings. The monoisotopic (exact) mass is 285 g/mol. The van der Waals surface area contributed by atoms with Gasteiger partial charge in [0.2, 0.25) is 0 Å². The maximum atomic E-state index is 12.1. The number of ether oxygens (including phenoxy) is 1. The largest absolute Gasteiger partial charge is 0.481 e. The molecule has 2 atom stereocenters. The van der Waals surface area contributed by atoms with Crippen LogP contribution in [-0.4, -0.2) is 46.0 Å². The fraction of sp³-hybridized carbons (Fsp3) is 0.786. The number of ketones is 1. The van der Waals surface area contributed by atoms with Gasteiger partial charge in [0, 0.05) is 6.54 Å². The van der Waals surface area contributed by atoms with Crippen molar-refractivity contribution in [2.45, 2.75) is 58.6 Å². The van der Waals surface area contributed by atoms with Gasteiger partial charge in [0.1, 0.15) is 12.0 Å². The molecule has 0 saturated carbocycles. The van der Waals surface area contributed by atoms with Crippen molar-refractivity contribution in [3.8, 4) is 0 Å². The third kappa shape index (κ3) is 4.83. The molecule has 0 aromatic heterocycles. The zero-order valence-corrected chi connectivity index (χ0v) is 12.5. The summed E-state index contributed by atoms with van der Waals surface area (Å²) in [5.74, 6) is -1.32. The summed E-state index contributed by atoms with van der Waals surface area (Å²) >= 11 is 0. The molecule has 0 spiro atoms. The number of Topliss-reactive ketones (excluding diaryl/α,β-unsaturated/α-hetero) is 1. The Morgan fingerprint density at radius 2 is 1.90 bits per heavy atom. The second-order valence-corrected chi connectivity index (χ2v) is 6.36. The van der Waals surface area contributed by atoms with Gasteiger partial charge >= 0.3 is 12.1 Å². The Morgan fingerprint density at radius 3 is 2.40 bits per heavy atom. The lowest BCUT2D eigenvalue weighted by Crippen LogP contribution is -2.51. The number of hydrogen-bond donors (Lipinski definition) is 1. The number of aliphatic carboxylic acids is 1. The first-order chi connectivity index (χ1) is 9.10. The highest BCUT2D eigenvalue weighted by atomic mass is 16.6. The van der Waals surface area contributed by atoms with Crippen molar-refractivity contribution in [2.75, 3.05) is 6.54 Å². The van der Waals surface area contributed by atoms with Gasteiger partial charge in [0.05, 0.1) is 6.04 Å². The van der Waals surface area contributed by atoms with Gasteiger partial charge in [-0.1, -0.05) is 6.92 Å². The van der Waals surface area contributed by atoms with Crippen LogP contribution in [-0.2, 0) is 14.3 Å². The van der Waals surface area contributed by atoms with Crippen LogP contribution in [0.4, 0.5) is 4.79 Å². The molecular weight excluding hydrogens is 262 g/mol. The van der Waals surface area contributed by atoms with Gasteiger partial charge in [0.15, 0.2) is 5.78 Å². The maximum absolute atomic E-state index is 12.1. The molecule has 114 valence electrons. The zero-order chi connectivity index (χ0) is 15.5. The van der Waals surface area contributed by atoms with Gasteiger partial charge in [-0.3, -0.25) is 14.5 Å². The number of hydrogen-bond acceptors (Lipinski definition) is 4. The minimum Gasteiger partial charge on any atom is -0.481 e. The molecule has 0 unspecified atom stereocenters. The van der Waals surface area contributed by atoms with Crippen molar-refractivity contribution in [3.63, 3.8) is 0 Å². The van der Waals surface area contributed by atoms with Crippen molar-refractivity contribution in [3.05, 3.63) is 0 Å². The number of nitrogens with zero attached hydrogens (tertiary/aromatic N) is 1. The van der Waals surface area contributed by atoms with Crippen molar-refractivity contribution in [1.29, 1.82) is 0 Å². The van der Waals surface area contributed by atoms with Crippen LogP contribution in [0.15, 0.2) is 0 Å². The van der Waals surface area contributed by atoms with Gasteiger partial charge in [-0.25, -0.2) is 4.79 Å². The van der Waals surface area contributed by atoms with E-state index in [1.807, 2.05) is 6.92 Å². The molecule has 1 heterocycles. The highest BCUT2D eigenvalue weighted by molar-refractivity contribution is 5.99. The Hall–Kier alpha value is -1.59. The van der Waals surface area contributed by atoms with E-state index >= 15 is 0 Å². The van der Waals surface area contributed by atoms with Crippen LogP contribution in [0.25, 0.3) is 0 Å².